The number of hydrogen-bond acceptors (Lipinski definition) is 2. The van der Waals surface area contributed by atoms with Crippen molar-refractivity contribution in [1.82, 2.24) is 0 Å². The van der Waals surface area contributed by atoms with Crippen molar-refractivity contribution in [3.05, 3.63) is 0 Å². The third kappa shape index (κ3) is 7.84. The SMILES string of the molecule is CC.CCC(CC)SC#N. The molecule has 0 rings (SSSR count). The second-order valence-corrected chi connectivity index (χ2v) is 2.73. The van der Waals surface area contributed by atoms with Gasteiger partial charge in [-0.25, -0.2) is 0 Å². The normalized spacial score (nSPS) is 8.00. The highest BCUT2D eigenvalue weighted by Crippen LogP contribution is 2.15. The van der Waals surface area contributed by atoms with Crippen molar-refractivity contribution >= 4 is 11.8 Å². The van der Waals surface area contributed by atoms with E-state index in [1.165, 1.54) is 11.8 Å². The minimum absolute atomic E-state index is 0.556. The molecule has 0 fully saturated rings. The van der Waals surface area contributed by atoms with Gasteiger partial charge in [-0.1, -0.05) is 27.7 Å². The Morgan fingerprint density at radius 3 is 1.80 bits per heavy atom. The standard InChI is InChI=1S/C6H11NS.C2H6/c1-3-6(4-2)8-5-7;1-2/h6H,3-4H2,1-2H3;1-2H3. The molecule has 0 radical (unpaired) electrons. The molecule has 0 aliphatic heterocycles. The van der Waals surface area contributed by atoms with Gasteiger partial charge in [0.2, 0.25) is 0 Å². The van der Waals surface area contributed by atoms with Crippen LogP contribution in [0.15, 0.2) is 0 Å². The van der Waals surface area contributed by atoms with Crippen LogP contribution < -0.4 is 0 Å². The van der Waals surface area contributed by atoms with Crippen molar-refractivity contribution in [1.29, 1.82) is 5.26 Å². The number of hydrogen-bond donors (Lipinski definition) is 0. The smallest absolute Gasteiger partial charge is 0.133 e. The summed E-state index contributed by atoms with van der Waals surface area (Å²) in [5.74, 6) is 0. The summed E-state index contributed by atoms with van der Waals surface area (Å²) in [6.45, 7) is 8.22. The Kier molecular flexibility index (Phi) is 14.5. The van der Waals surface area contributed by atoms with Crippen LogP contribution in [0.5, 0.6) is 0 Å². The summed E-state index contributed by atoms with van der Waals surface area (Å²) in [5.41, 5.74) is 0. The average Bonchev–Trinajstić information content (AvgIpc) is 2.04. The van der Waals surface area contributed by atoms with Crippen LogP contribution in [0.3, 0.4) is 0 Å². The maximum absolute atomic E-state index is 8.21. The molecule has 0 amide bonds. The van der Waals surface area contributed by atoms with E-state index >= 15 is 0 Å². The predicted molar refractivity (Wildman–Crippen MR) is 48.9 cm³/mol. The Morgan fingerprint density at radius 1 is 1.30 bits per heavy atom. The maximum atomic E-state index is 8.21. The monoisotopic (exact) mass is 159 g/mol. The maximum Gasteiger partial charge on any atom is 0.133 e. The summed E-state index contributed by atoms with van der Waals surface area (Å²) < 4.78 is 0. The Morgan fingerprint density at radius 2 is 1.70 bits per heavy atom. The third-order valence-corrected chi connectivity index (χ3v) is 2.24. The van der Waals surface area contributed by atoms with Crippen molar-refractivity contribution in [3.8, 4) is 5.40 Å². The molecule has 2 heteroatoms. The molecule has 0 atom stereocenters. The fraction of sp³-hybridized carbons (Fsp3) is 0.875. The van der Waals surface area contributed by atoms with E-state index in [2.05, 4.69) is 19.2 Å². The van der Waals surface area contributed by atoms with E-state index in [4.69, 9.17) is 5.26 Å². The summed E-state index contributed by atoms with van der Waals surface area (Å²) in [6, 6.07) is 0. The van der Waals surface area contributed by atoms with Gasteiger partial charge in [0.05, 0.1) is 0 Å². The molecule has 10 heavy (non-hydrogen) atoms. The van der Waals surface area contributed by atoms with Gasteiger partial charge in [-0.3, -0.25) is 0 Å². The van der Waals surface area contributed by atoms with Crippen LogP contribution in [0, 0.1) is 10.7 Å². The van der Waals surface area contributed by atoms with Crippen LogP contribution in [0.1, 0.15) is 40.5 Å². The van der Waals surface area contributed by atoms with Gasteiger partial charge in [0.15, 0.2) is 0 Å². The fourth-order valence-electron chi connectivity index (χ4n) is 0.530. The molecule has 0 aliphatic rings. The minimum Gasteiger partial charge on any atom is -0.185 e. The zero-order valence-electron chi connectivity index (χ0n) is 7.35. The van der Waals surface area contributed by atoms with Crippen LogP contribution in [-0.2, 0) is 0 Å². The van der Waals surface area contributed by atoms with Gasteiger partial charge in [-0.15, -0.1) is 0 Å². The first-order valence-electron chi connectivity index (χ1n) is 3.89. The van der Waals surface area contributed by atoms with Crippen molar-refractivity contribution in [2.24, 2.45) is 0 Å². The van der Waals surface area contributed by atoms with E-state index < -0.39 is 0 Å². The molecule has 0 heterocycles. The second-order valence-electron chi connectivity index (χ2n) is 1.65. The van der Waals surface area contributed by atoms with Crippen LogP contribution in [0.4, 0.5) is 0 Å². The molecule has 60 valence electrons. The van der Waals surface area contributed by atoms with E-state index in [1.807, 2.05) is 13.8 Å². The molecule has 0 bridgehead atoms. The molecule has 1 nitrogen and oxygen atoms in total. The molecular weight excluding hydrogens is 142 g/mol. The number of nitriles is 1. The van der Waals surface area contributed by atoms with E-state index in [0.29, 0.717) is 5.25 Å². The Hall–Kier alpha value is -0.160. The highest BCUT2D eigenvalue weighted by molar-refractivity contribution is 8.04. The lowest BCUT2D eigenvalue weighted by atomic mass is 10.3. The first kappa shape index (κ1) is 12.5. The second kappa shape index (κ2) is 11.6. The topological polar surface area (TPSA) is 23.8 Å². The van der Waals surface area contributed by atoms with Crippen LogP contribution in [0.2, 0.25) is 0 Å². The highest BCUT2D eigenvalue weighted by atomic mass is 32.2. The quantitative estimate of drug-likeness (QED) is 0.589. The zero-order chi connectivity index (χ0) is 8.41. The third-order valence-electron chi connectivity index (χ3n) is 1.13. The highest BCUT2D eigenvalue weighted by Gasteiger charge is 2.00. The van der Waals surface area contributed by atoms with Gasteiger partial charge in [-0.2, -0.15) is 5.26 Å². The molecular formula is C8H17NS. The summed E-state index contributed by atoms with van der Waals surface area (Å²) in [6.07, 6.45) is 2.21. The van der Waals surface area contributed by atoms with Crippen molar-refractivity contribution < 1.29 is 0 Å². The summed E-state index contributed by atoms with van der Waals surface area (Å²) >= 11 is 1.38. The summed E-state index contributed by atoms with van der Waals surface area (Å²) in [4.78, 5) is 0. The van der Waals surface area contributed by atoms with E-state index in [-0.39, 0.29) is 0 Å². The lowest BCUT2D eigenvalue weighted by molar-refractivity contribution is 0.795. The number of thioether (sulfide) groups is 1. The largest absolute Gasteiger partial charge is 0.185 e. The van der Waals surface area contributed by atoms with Gasteiger partial charge in [0.1, 0.15) is 5.40 Å². The van der Waals surface area contributed by atoms with Crippen molar-refractivity contribution in [3.63, 3.8) is 0 Å². The van der Waals surface area contributed by atoms with Gasteiger partial charge in [-0.05, 0) is 24.6 Å². The predicted octanol–water partition coefficient (Wildman–Crippen LogP) is 3.42. The van der Waals surface area contributed by atoms with Gasteiger partial charge in [0, 0.05) is 5.25 Å². The van der Waals surface area contributed by atoms with Crippen LogP contribution in [0.25, 0.3) is 0 Å². The van der Waals surface area contributed by atoms with Gasteiger partial charge in [0.25, 0.3) is 0 Å². The molecule has 0 aromatic rings. The lowest BCUT2D eigenvalue weighted by Gasteiger charge is -2.02. The number of rotatable bonds is 3. The molecule has 0 unspecified atom stereocenters. The molecule has 0 N–H and O–H groups in total. The van der Waals surface area contributed by atoms with Crippen molar-refractivity contribution in [2.45, 2.75) is 45.8 Å². The molecule has 0 saturated carbocycles. The number of nitrogens with zero attached hydrogens (tertiary/aromatic N) is 1. The van der Waals surface area contributed by atoms with Crippen molar-refractivity contribution in [2.75, 3.05) is 0 Å². The van der Waals surface area contributed by atoms with E-state index in [0.717, 1.165) is 12.8 Å². The first-order chi connectivity index (χ1) is 4.85. The van der Waals surface area contributed by atoms with Crippen LogP contribution >= 0.6 is 11.8 Å². The molecule has 0 spiro atoms. The lowest BCUT2D eigenvalue weighted by Crippen LogP contribution is -1.94. The molecule has 0 aromatic carbocycles. The average molecular weight is 159 g/mol. The van der Waals surface area contributed by atoms with E-state index in [1.54, 1.807) is 0 Å². The van der Waals surface area contributed by atoms with Gasteiger partial charge < -0.3 is 0 Å². The Bertz CT molecular complexity index is 81.7. The van der Waals surface area contributed by atoms with Gasteiger partial charge >= 0.3 is 0 Å². The molecule has 0 saturated heterocycles. The Labute approximate surface area is 68.8 Å². The molecule has 0 aromatic heterocycles. The first-order valence-corrected chi connectivity index (χ1v) is 4.77. The van der Waals surface area contributed by atoms with E-state index in [9.17, 15) is 0 Å². The van der Waals surface area contributed by atoms with Crippen LogP contribution in [-0.4, -0.2) is 5.25 Å². The minimum atomic E-state index is 0.556. The fourth-order valence-corrected chi connectivity index (χ4v) is 1.01. The Balaban J connectivity index is 0. The summed E-state index contributed by atoms with van der Waals surface area (Å²) in [5, 5.41) is 10.9. The molecule has 0 aliphatic carbocycles. The zero-order valence-corrected chi connectivity index (χ0v) is 8.16. The number of thiocyanates is 1. The summed E-state index contributed by atoms with van der Waals surface area (Å²) in [7, 11) is 0.